The number of ether oxygens (including phenoxy) is 2. The highest BCUT2D eigenvalue weighted by molar-refractivity contribution is 7.09. The van der Waals surface area contributed by atoms with Crippen LogP contribution in [0.3, 0.4) is 0 Å². The van der Waals surface area contributed by atoms with Crippen LogP contribution in [0.15, 0.2) is 40.5 Å². The maximum atomic E-state index is 13.3. The van der Waals surface area contributed by atoms with Gasteiger partial charge < -0.3 is 14.5 Å². The number of nitrogens with one attached hydrogen (secondary N) is 1. The van der Waals surface area contributed by atoms with E-state index in [1.807, 2.05) is 18.2 Å². The van der Waals surface area contributed by atoms with Gasteiger partial charge in [-0.05, 0) is 53.3 Å². The molecule has 1 fully saturated rings. The number of fused-ring (bicyclic) bond motifs is 2. The molecule has 6 rings (SSSR count). The van der Waals surface area contributed by atoms with Gasteiger partial charge in [-0.25, -0.2) is 4.68 Å². The summed E-state index contributed by atoms with van der Waals surface area (Å²) in [7, 11) is 0. The molecule has 0 radical (unpaired) electrons. The lowest BCUT2D eigenvalue weighted by Crippen LogP contribution is -2.33. The third-order valence-corrected chi connectivity index (χ3v) is 8.32. The average molecular weight is 521 g/mol. The standard InChI is InChI=1S/C27H32N6O3S/c1-2-23(26-29-30-31-33(26)20-7-4-3-5-8-20)32(17-21-9-6-12-37-21)16-19-13-18-14-24-25(36-11-10-35-24)15-22(18)28-27(19)34/h6,9,12-15,20,23H,2-5,7-8,10-11,16-17H2,1H3,(H,28,34)/t23-/m1/s1. The Morgan fingerprint density at radius 3 is 2.70 bits per heavy atom. The lowest BCUT2D eigenvalue weighted by molar-refractivity contribution is 0.156. The Kier molecular flexibility index (Phi) is 6.93. The van der Waals surface area contributed by atoms with Gasteiger partial charge in [-0.1, -0.05) is 32.3 Å². The molecule has 4 aromatic rings. The first-order valence-corrected chi connectivity index (χ1v) is 14.1. The third-order valence-electron chi connectivity index (χ3n) is 7.46. The molecular weight excluding hydrogens is 488 g/mol. The van der Waals surface area contributed by atoms with E-state index in [1.54, 1.807) is 11.3 Å². The quantitative estimate of drug-likeness (QED) is 0.349. The summed E-state index contributed by atoms with van der Waals surface area (Å²) < 4.78 is 13.5. The molecule has 9 nitrogen and oxygen atoms in total. The number of hydrogen-bond donors (Lipinski definition) is 1. The van der Waals surface area contributed by atoms with Gasteiger partial charge in [0.25, 0.3) is 5.56 Å². The monoisotopic (exact) mass is 520 g/mol. The first-order chi connectivity index (χ1) is 18.2. The Morgan fingerprint density at radius 2 is 1.95 bits per heavy atom. The van der Waals surface area contributed by atoms with Gasteiger partial charge in [0, 0.05) is 35.0 Å². The smallest absolute Gasteiger partial charge is 0.252 e. The molecule has 0 unspecified atom stereocenters. The Balaban J connectivity index is 1.36. The van der Waals surface area contributed by atoms with Crippen LogP contribution < -0.4 is 15.0 Å². The summed E-state index contributed by atoms with van der Waals surface area (Å²) in [5.74, 6) is 2.27. The molecule has 2 aliphatic rings. The molecule has 194 valence electrons. The van der Waals surface area contributed by atoms with Crippen LogP contribution in [0.1, 0.15) is 73.8 Å². The molecule has 0 amide bonds. The Morgan fingerprint density at radius 1 is 1.14 bits per heavy atom. The van der Waals surface area contributed by atoms with Crippen molar-refractivity contribution in [2.24, 2.45) is 0 Å². The fourth-order valence-electron chi connectivity index (χ4n) is 5.61. The van der Waals surface area contributed by atoms with E-state index in [2.05, 4.69) is 54.5 Å². The molecule has 1 saturated carbocycles. The van der Waals surface area contributed by atoms with E-state index in [1.165, 1.54) is 24.1 Å². The molecule has 10 heteroatoms. The number of benzene rings is 1. The van der Waals surface area contributed by atoms with Crippen molar-refractivity contribution in [1.82, 2.24) is 30.1 Å². The molecule has 1 N–H and O–H groups in total. The van der Waals surface area contributed by atoms with Gasteiger partial charge in [0.15, 0.2) is 17.3 Å². The van der Waals surface area contributed by atoms with Crippen LogP contribution in [-0.4, -0.2) is 43.3 Å². The zero-order chi connectivity index (χ0) is 25.2. The number of tetrazole rings is 1. The number of hydrogen-bond acceptors (Lipinski definition) is 8. The first kappa shape index (κ1) is 24.1. The first-order valence-electron chi connectivity index (χ1n) is 13.2. The second kappa shape index (κ2) is 10.6. The van der Waals surface area contributed by atoms with Crippen molar-refractivity contribution >= 4 is 22.2 Å². The van der Waals surface area contributed by atoms with Gasteiger partial charge in [-0.15, -0.1) is 16.4 Å². The van der Waals surface area contributed by atoms with E-state index in [0.29, 0.717) is 49.4 Å². The highest BCUT2D eigenvalue weighted by Crippen LogP contribution is 2.35. The molecular formula is C27H32N6O3S. The largest absolute Gasteiger partial charge is 0.486 e. The molecule has 1 aromatic carbocycles. The van der Waals surface area contributed by atoms with Crippen LogP contribution in [0.2, 0.25) is 0 Å². The molecule has 0 spiro atoms. The molecule has 0 saturated heterocycles. The number of pyridine rings is 1. The minimum atomic E-state index is -0.0953. The van der Waals surface area contributed by atoms with Crippen molar-refractivity contribution in [2.45, 2.75) is 70.6 Å². The van der Waals surface area contributed by atoms with E-state index in [0.717, 1.165) is 36.0 Å². The van der Waals surface area contributed by atoms with Gasteiger partial charge in [0.1, 0.15) is 13.2 Å². The fraction of sp³-hybridized carbons (Fsp3) is 0.481. The normalized spacial score (nSPS) is 16.9. The topological polar surface area (TPSA) is 98.2 Å². The highest BCUT2D eigenvalue weighted by Gasteiger charge is 2.29. The van der Waals surface area contributed by atoms with Crippen LogP contribution in [0.25, 0.3) is 10.9 Å². The summed E-state index contributed by atoms with van der Waals surface area (Å²) in [4.78, 5) is 19.9. The molecule has 3 aromatic heterocycles. The predicted molar refractivity (Wildman–Crippen MR) is 142 cm³/mol. The molecule has 1 aliphatic heterocycles. The van der Waals surface area contributed by atoms with E-state index in [4.69, 9.17) is 9.47 Å². The van der Waals surface area contributed by atoms with Crippen molar-refractivity contribution in [3.05, 3.63) is 62.3 Å². The van der Waals surface area contributed by atoms with Crippen molar-refractivity contribution in [2.75, 3.05) is 13.2 Å². The van der Waals surface area contributed by atoms with Gasteiger partial charge in [0.05, 0.1) is 17.6 Å². The molecule has 0 bridgehead atoms. The maximum absolute atomic E-state index is 13.3. The molecule has 4 heterocycles. The van der Waals surface area contributed by atoms with E-state index in [9.17, 15) is 4.79 Å². The minimum absolute atomic E-state index is 0.0191. The fourth-order valence-corrected chi connectivity index (χ4v) is 6.34. The third kappa shape index (κ3) is 5.00. The van der Waals surface area contributed by atoms with E-state index >= 15 is 0 Å². The molecule has 1 atom stereocenters. The summed E-state index contributed by atoms with van der Waals surface area (Å²) in [5.41, 5.74) is 1.36. The van der Waals surface area contributed by atoms with Crippen LogP contribution in [0, 0.1) is 0 Å². The predicted octanol–water partition coefficient (Wildman–Crippen LogP) is 5.01. The summed E-state index contributed by atoms with van der Waals surface area (Å²) in [6.07, 6.45) is 6.76. The zero-order valence-corrected chi connectivity index (χ0v) is 21.9. The van der Waals surface area contributed by atoms with Crippen LogP contribution >= 0.6 is 11.3 Å². The van der Waals surface area contributed by atoms with Crippen LogP contribution in [-0.2, 0) is 13.1 Å². The second-order valence-corrected chi connectivity index (χ2v) is 10.9. The molecule has 37 heavy (non-hydrogen) atoms. The summed E-state index contributed by atoms with van der Waals surface area (Å²) >= 11 is 1.72. The second-order valence-electron chi connectivity index (χ2n) is 9.89. The highest BCUT2D eigenvalue weighted by atomic mass is 32.1. The van der Waals surface area contributed by atoms with Crippen molar-refractivity contribution < 1.29 is 9.47 Å². The SMILES string of the molecule is CC[C@H](c1nnnn1C1CCCCC1)N(Cc1cccs1)Cc1cc2cc3c(cc2[nH]c1=O)OCCO3. The van der Waals surface area contributed by atoms with Gasteiger partial charge in [-0.2, -0.15) is 0 Å². The van der Waals surface area contributed by atoms with Gasteiger partial charge in [0.2, 0.25) is 0 Å². The van der Waals surface area contributed by atoms with Gasteiger partial charge >= 0.3 is 0 Å². The summed E-state index contributed by atoms with van der Waals surface area (Å²) in [6, 6.07) is 10.3. The number of thiophene rings is 1. The average Bonchev–Trinajstić information content (AvgIpc) is 3.62. The lowest BCUT2D eigenvalue weighted by Gasteiger charge is -2.31. The Hall–Kier alpha value is -3.24. The van der Waals surface area contributed by atoms with Crippen LogP contribution in [0.4, 0.5) is 0 Å². The van der Waals surface area contributed by atoms with Gasteiger partial charge in [-0.3, -0.25) is 9.69 Å². The van der Waals surface area contributed by atoms with Crippen molar-refractivity contribution in [1.29, 1.82) is 0 Å². The Labute approximate surface area is 219 Å². The lowest BCUT2D eigenvalue weighted by atomic mass is 9.95. The summed E-state index contributed by atoms with van der Waals surface area (Å²) in [6.45, 7) is 4.40. The minimum Gasteiger partial charge on any atom is -0.486 e. The van der Waals surface area contributed by atoms with E-state index < -0.39 is 0 Å². The van der Waals surface area contributed by atoms with Crippen LogP contribution in [0.5, 0.6) is 11.5 Å². The summed E-state index contributed by atoms with van der Waals surface area (Å²) in [5, 5.41) is 16.1. The van der Waals surface area contributed by atoms with Crippen molar-refractivity contribution in [3.8, 4) is 11.5 Å². The number of aromatic amines is 1. The number of rotatable bonds is 8. The number of nitrogens with zero attached hydrogens (tertiary/aromatic N) is 5. The Bertz CT molecular complexity index is 1410. The van der Waals surface area contributed by atoms with Crippen molar-refractivity contribution in [3.63, 3.8) is 0 Å². The number of aromatic nitrogens is 5. The van der Waals surface area contributed by atoms with E-state index in [-0.39, 0.29) is 11.6 Å². The maximum Gasteiger partial charge on any atom is 0.252 e. The molecule has 1 aliphatic carbocycles. The number of H-pyrrole nitrogens is 1. The zero-order valence-electron chi connectivity index (χ0n) is 21.1.